The Bertz CT molecular complexity index is 1620. The number of esters is 3. The second-order valence-corrected chi connectivity index (χ2v) is 22.7. The molecule has 1 atom stereocenters. The maximum absolute atomic E-state index is 12.8. The summed E-state index contributed by atoms with van der Waals surface area (Å²) in [6.07, 6.45) is 94.5. The molecule has 0 aromatic heterocycles. The molecule has 0 saturated heterocycles. The smallest absolute Gasteiger partial charge is 0.310 e. The normalized spacial score (nSPS) is 12.8. The predicted octanol–water partition coefficient (Wildman–Crippen LogP) is 23.8. The Morgan fingerprint density at radius 2 is 0.519 bits per heavy atom. The van der Waals surface area contributed by atoms with Gasteiger partial charge in [0.1, 0.15) is 13.2 Å². The fraction of sp³-hybridized carbons (Fsp3) is 0.720. The molecule has 0 amide bonds. The van der Waals surface area contributed by atoms with Crippen LogP contribution in [0.3, 0.4) is 0 Å². The summed E-state index contributed by atoms with van der Waals surface area (Å²) in [5, 5.41) is 0. The molecule has 0 spiro atoms. The Morgan fingerprint density at radius 3 is 0.827 bits per heavy atom. The minimum Gasteiger partial charge on any atom is -0.462 e. The first-order valence-electron chi connectivity index (χ1n) is 34.4. The molecule has 0 N–H and O–H groups in total. The highest BCUT2D eigenvalue weighted by atomic mass is 16.6. The van der Waals surface area contributed by atoms with Crippen LogP contribution in [-0.2, 0) is 28.6 Å². The van der Waals surface area contributed by atoms with E-state index in [1.54, 1.807) is 6.08 Å². The number of unbranched alkanes of at least 4 members (excludes halogenated alkanes) is 34. The third-order valence-corrected chi connectivity index (χ3v) is 14.8. The van der Waals surface area contributed by atoms with Gasteiger partial charge in [0.25, 0.3) is 0 Å². The van der Waals surface area contributed by atoms with Crippen LogP contribution in [0.25, 0.3) is 0 Å². The zero-order chi connectivity index (χ0) is 58.5. The lowest BCUT2D eigenvalue weighted by atomic mass is 10.0. The van der Waals surface area contributed by atoms with Gasteiger partial charge in [0.05, 0.1) is 6.42 Å². The van der Waals surface area contributed by atoms with Crippen molar-refractivity contribution in [3.8, 4) is 0 Å². The summed E-state index contributed by atoms with van der Waals surface area (Å²) in [7, 11) is 0. The van der Waals surface area contributed by atoms with E-state index >= 15 is 0 Å². The largest absolute Gasteiger partial charge is 0.462 e. The highest BCUT2D eigenvalue weighted by Gasteiger charge is 2.19. The number of hydrogen-bond donors (Lipinski definition) is 0. The van der Waals surface area contributed by atoms with Gasteiger partial charge in [-0.3, -0.25) is 14.4 Å². The third-order valence-electron chi connectivity index (χ3n) is 14.8. The number of hydrogen-bond acceptors (Lipinski definition) is 6. The Balaban J connectivity index is 4.21. The summed E-state index contributed by atoms with van der Waals surface area (Å²) < 4.78 is 16.8. The predicted molar refractivity (Wildman–Crippen MR) is 353 cm³/mol. The monoisotopic (exact) mass is 1120 g/mol. The van der Waals surface area contributed by atoms with E-state index in [9.17, 15) is 14.4 Å². The summed E-state index contributed by atoms with van der Waals surface area (Å²) in [6.45, 7) is 6.34. The molecule has 0 bridgehead atoms. The van der Waals surface area contributed by atoms with Crippen molar-refractivity contribution in [3.05, 3.63) is 109 Å². The fourth-order valence-electron chi connectivity index (χ4n) is 9.71. The standard InChI is InChI=1S/C75H128O6/c1-4-7-10-13-16-19-22-25-28-29-30-31-32-33-34-35-36-37-38-39-40-41-42-43-44-45-48-50-53-56-59-62-65-68-74(77)80-71-72(81-75(78)69-66-63-60-57-54-51-47-27-24-21-18-15-12-9-6-3)70-79-73(76)67-64-61-58-55-52-49-46-26-23-20-17-14-11-8-5-2/h8-9,11-12,17-18,20-21,26-27,29-30,46-47,54,57,63,66,72H,4-7,10,13-16,19,22-25,28,31-45,48-53,55-56,58-62,64-65,67-71H2,1-3H3/b11-8-,12-9-,20-17-,21-18-,30-29-,46-26-,47-27-,57-54-,66-63-. The van der Waals surface area contributed by atoms with Crippen LogP contribution >= 0.6 is 0 Å². The van der Waals surface area contributed by atoms with Crippen LogP contribution in [0.2, 0.25) is 0 Å². The van der Waals surface area contributed by atoms with Gasteiger partial charge in [-0.2, -0.15) is 0 Å². The van der Waals surface area contributed by atoms with E-state index in [-0.39, 0.29) is 31.6 Å². The van der Waals surface area contributed by atoms with Gasteiger partial charge in [-0.05, 0) is 103 Å². The molecular weight excluding hydrogens is 997 g/mol. The molecule has 0 saturated carbocycles. The Morgan fingerprint density at radius 1 is 0.272 bits per heavy atom. The van der Waals surface area contributed by atoms with Gasteiger partial charge in [-0.15, -0.1) is 0 Å². The first-order chi connectivity index (χ1) is 40.0. The molecule has 6 heteroatoms. The fourth-order valence-corrected chi connectivity index (χ4v) is 9.71. The Kier molecular flexibility index (Phi) is 65.2. The summed E-state index contributed by atoms with van der Waals surface area (Å²) in [6, 6.07) is 0. The minimum atomic E-state index is -0.841. The zero-order valence-corrected chi connectivity index (χ0v) is 53.3. The minimum absolute atomic E-state index is 0.0917. The van der Waals surface area contributed by atoms with Crippen molar-refractivity contribution < 1.29 is 28.6 Å². The Labute approximate surface area is 501 Å². The van der Waals surface area contributed by atoms with Crippen molar-refractivity contribution in [2.45, 2.75) is 335 Å². The quantitative estimate of drug-likeness (QED) is 0.0261. The lowest BCUT2D eigenvalue weighted by Crippen LogP contribution is -2.30. The van der Waals surface area contributed by atoms with Crippen LogP contribution in [0.1, 0.15) is 329 Å². The maximum Gasteiger partial charge on any atom is 0.310 e. The first-order valence-corrected chi connectivity index (χ1v) is 34.4. The van der Waals surface area contributed by atoms with Gasteiger partial charge in [0.15, 0.2) is 6.10 Å². The van der Waals surface area contributed by atoms with E-state index in [0.717, 1.165) is 109 Å². The van der Waals surface area contributed by atoms with Crippen molar-refractivity contribution in [2.75, 3.05) is 13.2 Å². The Hall–Kier alpha value is -3.93. The number of carbonyl (C=O) groups excluding carboxylic acids is 3. The number of ether oxygens (including phenoxy) is 3. The average molecular weight is 1130 g/mol. The van der Waals surface area contributed by atoms with Crippen LogP contribution in [-0.4, -0.2) is 37.2 Å². The molecule has 81 heavy (non-hydrogen) atoms. The van der Waals surface area contributed by atoms with Crippen LogP contribution in [0, 0.1) is 0 Å². The van der Waals surface area contributed by atoms with Gasteiger partial charge >= 0.3 is 17.9 Å². The topological polar surface area (TPSA) is 78.9 Å². The highest BCUT2D eigenvalue weighted by molar-refractivity contribution is 5.72. The molecule has 0 aromatic rings. The van der Waals surface area contributed by atoms with E-state index < -0.39 is 12.1 Å². The van der Waals surface area contributed by atoms with Crippen LogP contribution in [0.15, 0.2) is 109 Å². The lowest BCUT2D eigenvalue weighted by Gasteiger charge is -2.18. The van der Waals surface area contributed by atoms with Gasteiger partial charge in [-0.25, -0.2) is 0 Å². The average Bonchev–Trinajstić information content (AvgIpc) is 3.47. The van der Waals surface area contributed by atoms with E-state index in [4.69, 9.17) is 14.2 Å². The molecular formula is C75H128O6. The van der Waals surface area contributed by atoms with E-state index in [2.05, 4.69) is 118 Å². The van der Waals surface area contributed by atoms with E-state index in [0.29, 0.717) is 12.8 Å². The van der Waals surface area contributed by atoms with Crippen LogP contribution < -0.4 is 0 Å². The molecule has 0 radical (unpaired) electrons. The first kappa shape index (κ1) is 77.1. The third kappa shape index (κ3) is 66.8. The second-order valence-electron chi connectivity index (χ2n) is 22.7. The van der Waals surface area contributed by atoms with Crippen molar-refractivity contribution in [3.63, 3.8) is 0 Å². The van der Waals surface area contributed by atoms with E-state index in [1.165, 1.54) is 180 Å². The number of rotatable bonds is 62. The van der Waals surface area contributed by atoms with Gasteiger partial charge < -0.3 is 14.2 Å². The molecule has 464 valence electrons. The molecule has 6 nitrogen and oxygen atoms in total. The van der Waals surface area contributed by atoms with Gasteiger partial charge in [0.2, 0.25) is 0 Å². The number of carbonyl (C=O) groups is 3. The lowest BCUT2D eigenvalue weighted by molar-refractivity contribution is -0.166. The summed E-state index contributed by atoms with van der Waals surface area (Å²) in [4.78, 5) is 38.2. The van der Waals surface area contributed by atoms with Crippen molar-refractivity contribution in [2.24, 2.45) is 0 Å². The van der Waals surface area contributed by atoms with Gasteiger partial charge in [0, 0.05) is 12.8 Å². The van der Waals surface area contributed by atoms with Crippen molar-refractivity contribution in [1.29, 1.82) is 0 Å². The SMILES string of the molecule is CC/C=C\C/C=C\C/C=C\C/C=C\C/C=C\CC(=O)OC(COC(=O)CCCCCCC/C=C\C/C=C\C/C=C\CC)COC(=O)CCCCCCCCCCCCCCCCCCCCCCC/C=C\CCCCCCCCCC. The molecule has 0 aromatic carbocycles. The summed E-state index contributed by atoms with van der Waals surface area (Å²) in [5.74, 6) is -1.06. The molecule has 0 rings (SSSR count). The van der Waals surface area contributed by atoms with E-state index in [1.807, 2.05) is 6.08 Å². The van der Waals surface area contributed by atoms with Crippen LogP contribution in [0.5, 0.6) is 0 Å². The number of allylic oxidation sites excluding steroid dienone is 17. The molecule has 0 aliphatic rings. The highest BCUT2D eigenvalue weighted by Crippen LogP contribution is 2.17. The zero-order valence-electron chi connectivity index (χ0n) is 53.3. The molecule has 0 aliphatic heterocycles. The molecule has 0 fully saturated rings. The molecule has 0 aliphatic carbocycles. The van der Waals surface area contributed by atoms with Gasteiger partial charge in [-0.1, -0.05) is 316 Å². The molecule has 1 unspecified atom stereocenters. The maximum atomic E-state index is 12.8. The van der Waals surface area contributed by atoms with Crippen molar-refractivity contribution >= 4 is 17.9 Å². The molecule has 0 heterocycles. The summed E-state index contributed by atoms with van der Waals surface area (Å²) in [5.41, 5.74) is 0. The van der Waals surface area contributed by atoms with Crippen molar-refractivity contribution in [1.82, 2.24) is 0 Å². The van der Waals surface area contributed by atoms with Crippen LogP contribution in [0.4, 0.5) is 0 Å². The second kappa shape index (κ2) is 68.6. The summed E-state index contributed by atoms with van der Waals surface area (Å²) >= 11 is 0.